The van der Waals surface area contributed by atoms with Crippen molar-refractivity contribution in [2.24, 2.45) is 43.1 Å². The number of hydrogen-bond acceptors (Lipinski definition) is 12. The molecule has 0 aliphatic carbocycles. The van der Waals surface area contributed by atoms with Crippen molar-refractivity contribution in [1.29, 1.82) is 0 Å². The van der Waals surface area contributed by atoms with Gasteiger partial charge in [0.1, 0.15) is 0 Å². The van der Waals surface area contributed by atoms with Crippen LogP contribution >= 0.6 is 0 Å². The Bertz CT molecular complexity index is 2270. The Balaban J connectivity index is 1.97. The first-order chi connectivity index (χ1) is 29.6. The van der Waals surface area contributed by atoms with Crippen molar-refractivity contribution < 1.29 is 79.2 Å². The maximum atomic E-state index is 13.0. The van der Waals surface area contributed by atoms with E-state index in [1.807, 2.05) is 0 Å². The molecule has 8 atom stereocenters. The second-order valence-electron chi connectivity index (χ2n) is 18.8. The lowest BCUT2D eigenvalue weighted by molar-refractivity contribution is -0.144. The van der Waals surface area contributed by atoms with Gasteiger partial charge in [0.15, 0.2) is 0 Å². The van der Waals surface area contributed by atoms with Crippen LogP contribution in [-0.2, 0) is 38.4 Å². The zero-order chi connectivity index (χ0) is 47.9. The monoisotopic (exact) mass is 896 g/mol. The molecular formula is C44H56N4O16. The standard InChI is InChI=1S/C44H56N4O16/c1-40(13-12-34(55)56)25(15-36(59)60)39-44(5)42(3,20-38(63)64)23(8-11-33(53)54)27(48-44)17-30-41(2,19-37(61)62)22(7-10-32(51)52)28(45-30)18-43(4)24(14-35(57)58)21(6-9-31(49)50)26(47-43)16-29(40)46-39/h17,23,25,39,48H,6-16,18-20H2,1-5H3,(H,49,50)(H,51,52)(H,53,54)(H,55,56)(H,57,58)(H,59,60)(H,61,62)(H,63,64)/b27-17-/t23-,25+,39-,40-,41+,42+,43+,44+/m1/s1. The highest BCUT2D eigenvalue weighted by atomic mass is 16.4. The van der Waals surface area contributed by atoms with Crippen LogP contribution < -0.4 is 5.32 Å². The molecule has 5 rings (SSSR count). The summed E-state index contributed by atoms with van der Waals surface area (Å²) >= 11 is 0. The zero-order valence-electron chi connectivity index (χ0n) is 36.4. The highest BCUT2D eigenvalue weighted by Crippen LogP contribution is 2.61. The van der Waals surface area contributed by atoms with Crippen LogP contribution in [0.15, 0.2) is 49.2 Å². The number of nitrogens with one attached hydrogen (secondary N) is 1. The molecule has 0 spiro atoms. The van der Waals surface area contributed by atoms with Crippen LogP contribution in [0.2, 0.25) is 0 Å². The molecule has 5 aliphatic rings. The number of aliphatic carboxylic acids is 8. The third-order valence-corrected chi connectivity index (χ3v) is 14.6. The van der Waals surface area contributed by atoms with Crippen molar-refractivity contribution in [3.05, 3.63) is 34.2 Å². The van der Waals surface area contributed by atoms with Gasteiger partial charge in [-0.2, -0.15) is 0 Å². The van der Waals surface area contributed by atoms with Crippen LogP contribution in [0, 0.1) is 28.1 Å². The molecule has 8 bridgehead atoms. The molecule has 1 saturated heterocycles. The van der Waals surface area contributed by atoms with Gasteiger partial charge in [0, 0.05) is 89.4 Å². The van der Waals surface area contributed by atoms with Gasteiger partial charge in [-0.1, -0.05) is 13.8 Å². The number of rotatable bonds is 20. The minimum atomic E-state index is -1.57. The summed E-state index contributed by atoms with van der Waals surface area (Å²) in [5, 5.41) is 84.9. The summed E-state index contributed by atoms with van der Waals surface area (Å²) in [5.74, 6) is -12.0. The first-order valence-corrected chi connectivity index (χ1v) is 21.0. The van der Waals surface area contributed by atoms with E-state index in [2.05, 4.69) is 5.32 Å². The predicted molar refractivity (Wildman–Crippen MR) is 225 cm³/mol. The highest BCUT2D eigenvalue weighted by Gasteiger charge is 2.66. The second kappa shape index (κ2) is 17.8. The van der Waals surface area contributed by atoms with Crippen LogP contribution in [0.5, 0.6) is 0 Å². The van der Waals surface area contributed by atoms with E-state index >= 15 is 0 Å². The van der Waals surface area contributed by atoms with Gasteiger partial charge in [0.05, 0.1) is 48.5 Å². The Hall–Kier alpha value is -6.21. The summed E-state index contributed by atoms with van der Waals surface area (Å²) in [5.41, 5.74) is -5.72. The SMILES string of the molecule is C[C@@]1(CC(=O)O)C2=NC(=C1CCC(=O)O)C[C@]1(C)N=C(CC3=N[C@H]([C@H](CC(=O)O)[C@@]3(C)CCC(=O)O)[C@]3(C)N/C(=C\2)[C@@H](CCC(=O)O)[C@]3(C)CC(=O)O)C(CCC(=O)O)=C1CC(=O)O. The van der Waals surface area contributed by atoms with Crippen LogP contribution in [-0.4, -0.2) is 123 Å². The summed E-state index contributed by atoms with van der Waals surface area (Å²) < 4.78 is 0. The normalized spacial score (nSPS) is 32.6. The first kappa shape index (κ1) is 48.8. The van der Waals surface area contributed by atoms with E-state index in [4.69, 9.17) is 15.0 Å². The molecule has 5 aliphatic heterocycles. The van der Waals surface area contributed by atoms with E-state index in [1.54, 1.807) is 34.6 Å². The minimum absolute atomic E-state index is 0.0922. The summed E-state index contributed by atoms with van der Waals surface area (Å²) in [4.78, 5) is 115. The van der Waals surface area contributed by atoms with Crippen LogP contribution in [0.1, 0.15) is 125 Å². The van der Waals surface area contributed by atoms with Crippen molar-refractivity contribution >= 4 is 64.9 Å². The predicted octanol–water partition coefficient (Wildman–Crippen LogP) is 4.68. The zero-order valence-corrected chi connectivity index (χ0v) is 36.4. The smallest absolute Gasteiger partial charge is 0.307 e. The minimum Gasteiger partial charge on any atom is -0.481 e. The Morgan fingerprint density at radius 1 is 0.703 bits per heavy atom. The molecule has 20 heteroatoms. The molecule has 0 saturated carbocycles. The Labute approximate surface area is 367 Å². The van der Waals surface area contributed by atoms with Crippen LogP contribution in [0.25, 0.3) is 0 Å². The number of aliphatic imine (C=N–C) groups is 3. The number of carboxylic acid groups (broad SMARTS) is 8. The number of carbonyl (C=O) groups is 8. The third-order valence-electron chi connectivity index (χ3n) is 14.6. The molecule has 20 nitrogen and oxygen atoms in total. The number of fused-ring (bicyclic) bond motifs is 6. The average molecular weight is 897 g/mol. The van der Waals surface area contributed by atoms with Gasteiger partial charge >= 0.3 is 47.8 Å². The topological polar surface area (TPSA) is 348 Å². The molecule has 0 unspecified atom stereocenters. The molecular weight excluding hydrogens is 840 g/mol. The van der Waals surface area contributed by atoms with E-state index in [9.17, 15) is 79.2 Å². The van der Waals surface area contributed by atoms with Crippen molar-refractivity contribution in [3.8, 4) is 0 Å². The number of nitrogens with zero attached hydrogens (tertiary/aromatic N) is 3. The maximum Gasteiger partial charge on any atom is 0.307 e. The van der Waals surface area contributed by atoms with Crippen molar-refractivity contribution in [2.45, 2.75) is 142 Å². The van der Waals surface area contributed by atoms with Gasteiger partial charge in [-0.25, -0.2) is 0 Å². The fraction of sp³-hybridized carbons (Fsp3) is 0.614. The second-order valence-corrected chi connectivity index (χ2v) is 18.8. The lowest BCUT2D eigenvalue weighted by atomic mass is 9.56. The molecule has 0 radical (unpaired) electrons. The van der Waals surface area contributed by atoms with Crippen molar-refractivity contribution in [2.75, 3.05) is 0 Å². The molecule has 0 aromatic carbocycles. The average Bonchev–Trinajstić information content (AvgIpc) is 3.72. The Kier molecular flexibility index (Phi) is 13.5. The van der Waals surface area contributed by atoms with Gasteiger partial charge < -0.3 is 46.2 Å². The van der Waals surface area contributed by atoms with Crippen molar-refractivity contribution in [1.82, 2.24) is 5.32 Å². The molecule has 5 heterocycles. The van der Waals surface area contributed by atoms with E-state index in [1.165, 1.54) is 6.08 Å². The fourth-order valence-corrected chi connectivity index (χ4v) is 11.2. The summed E-state index contributed by atoms with van der Waals surface area (Å²) in [6.45, 7) is 8.10. The molecule has 9 N–H and O–H groups in total. The quantitative estimate of drug-likeness (QED) is 0.0801. The number of allylic oxidation sites excluding steroid dienone is 4. The lowest BCUT2D eigenvalue weighted by Gasteiger charge is -2.48. The van der Waals surface area contributed by atoms with E-state index in [0.717, 1.165) is 0 Å². The highest BCUT2D eigenvalue weighted by molar-refractivity contribution is 6.17. The Morgan fingerprint density at radius 3 is 1.84 bits per heavy atom. The van der Waals surface area contributed by atoms with E-state index in [-0.39, 0.29) is 78.2 Å². The third kappa shape index (κ3) is 9.22. The number of hydrogen-bond donors (Lipinski definition) is 9. The molecule has 0 amide bonds. The van der Waals surface area contributed by atoms with Gasteiger partial charge in [-0.3, -0.25) is 53.3 Å². The summed E-state index contributed by atoms with van der Waals surface area (Å²) in [7, 11) is 0. The number of carboxylic acids is 8. The fourth-order valence-electron chi connectivity index (χ4n) is 11.2. The Morgan fingerprint density at radius 2 is 1.30 bits per heavy atom. The van der Waals surface area contributed by atoms with E-state index in [0.29, 0.717) is 5.57 Å². The lowest BCUT2D eigenvalue weighted by Crippen LogP contribution is -2.60. The van der Waals surface area contributed by atoms with Gasteiger partial charge in [0.2, 0.25) is 0 Å². The van der Waals surface area contributed by atoms with Crippen LogP contribution in [0.4, 0.5) is 0 Å². The largest absolute Gasteiger partial charge is 0.481 e. The summed E-state index contributed by atoms with van der Waals surface area (Å²) in [6, 6.07) is -1.17. The van der Waals surface area contributed by atoms with E-state index < -0.39 is 144 Å². The molecule has 64 heavy (non-hydrogen) atoms. The van der Waals surface area contributed by atoms with Gasteiger partial charge in [0.25, 0.3) is 0 Å². The summed E-state index contributed by atoms with van der Waals surface area (Å²) in [6.07, 6.45) is -3.95. The molecule has 0 aromatic rings. The van der Waals surface area contributed by atoms with Crippen LogP contribution in [0.3, 0.4) is 0 Å². The first-order valence-electron chi connectivity index (χ1n) is 21.0. The van der Waals surface area contributed by atoms with Gasteiger partial charge in [-0.15, -0.1) is 0 Å². The molecule has 348 valence electrons. The molecule has 0 aromatic heterocycles. The molecule has 1 fully saturated rings. The maximum absolute atomic E-state index is 13.0. The van der Waals surface area contributed by atoms with Gasteiger partial charge in [-0.05, 0) is 69.2 Å². The van der Waals surface area contributed by atoms with Crippen molar-refractivity contribution in [3.63, 3.8) is 0 Å².